The van der Waals surface area contributed by atoms with Crippen molar-refractivity contribution in [2.75, 3.05) is 18.6 Å². The van der Waals surface area contributed by atoms with Crippen LogP contribution in [0.5, 0.6) is 5.75 Å². The molecule has 0 bridgehead atoms. The van der Waals surface area contributed by atoms with Crippen molar-refractivity contribution in [2.24, 2.45) is 0 Å². The van der Waals surface area contributed by atoms with Crippen LogP contribution in [0.4, 0.5) is 14.9 Å². The van der Waals surface area contributed by atoms with Crippen molar-refractivity contribution in [2.45, 2.75) is 0 Å². The molecule has 76 valence electrons. The number of carbonyl (C=O) groups excluding carboxylic acids is 1. The van der Waals surface area contributed by atoms with E-state index in [0.717, 1.165) is 0 Å². The minimum absolute atomic E-state index is 0.00171. The van der Waals surface area contributed by atoms with E-state index in [9.17, 15) is 9.18 Å². The standard InChI is InChI=1S/C9H9ClFNO2/c10-9(13)12-7-2-1-3-8(6-7)14-5-4-11/h1-3,6H,4-5H2,(H,12,13). The van der Waals surface area contributed by atoms with E-state index < -0.39 is 12.0 Å². The molecule has 0 unspecified atom stereocenters. The van der Waals surface area contributed by atoms with Gasteiger partial charge in [0.2, 0.25) is 0 Å². The molecule has 1 rings (SSSR count). The van der Waals surface area contributed by atoms with E-state index in [0.29, 0.717) is 11.4 Å². The Morgan fingerprint density at radius 2 is 2.36 bits per heavy atom. The molecule has 0 saturated carbocycles. The molecule has 0 atom stereocenters. The highest BCUT2D eigenvalue weighted by Crippen LogP contribution is 2.17. The first-order chi connectivity index (χ1) is 6.72. The van der Waals surface area contributed by atoms with Crippen molar-refractivity contribution in [1.82, 2.24) is 0 Å². The number of hydrogen-bond donors (Lipinski definition) is 1. The predicted octanol–water partition coefficient (Wildman–Crippen LogP) is 2.81. The van der Waals surface area contributed by atoms with Crippen LogP contribution in [0.1, 0.15) is 0 Å². The average Bonchev–Trinajstić information content (AvgIpc) is 2.14. The Kier molecular flexibility index (Phi) is 4.19. The van der Waals surface area contributed by atoms with Crippen molar-refractivity contribution >= 4 is 22.7 Å². The Hall–Kier alpha value is -1.29. The van der Waals surface area contributed by atoms with E-state index in [1.165, 1.54) is 0 Å². The third kappa shape index (κ3) is 3.62. The van der Waals surface area contributed by atoms with Crippen LogP contribution in [-0.4, -0.2) is 18.6 Å². The number of hydrogen-bond acceptors (Lipinski definition) is 2. The molecular weight excluding hydrogens is 209 g/mol. The normalized spacial score (nSPS) is 9.57. The highest BCUT2D eigenvalue weighted by atomic mass is 35.5. The number of carbonyl (C=O) groups is 1. The molecule has 1 N–H and O–H groups in total. The van der Waals surface area contributed by atoms with Crippen molar-refractivity contribution in [3.63, 3.8) is 0 Å². The molecule has 0 fully saturated rings. The lowest BCUT2D eigenvalue weighted by molar-refractivity contribution is 0.268. The van der Waals surface area contributed by atoms with Gasteiger partial charge in [0.25, 0.3) is 0 Å². The second kappa shape index (κ2) is 5.44. The molecule has 0 aliphatic rings. The molecule has 14 heavy (non-hydrogen) atoms. The third-order valence-electron chi connectivity index (χ3n) is 1.42. The summed E-state index contributed by atoms with van der Waals surface area (Å²) in [5, 5.41) is 1.70. The zero-order valence-corrected chi connectivity index (χ0v) is 8.05. The summed E-state index contributed by atoms with van der Waals surface area (Å²) >= 11 is 5.12. The van der Waals surface area contributed by atoms with Gasteiger partial charge in [-0.1, -0.05) is 6.07 Å². The van der Waals surface area contributed by atoms with Gasteiger partial charge >= 0.3 is 5.37 Å². The summed E-state index contributed by atoms with van der Waals surface area (Å²) in [7, 11) is 0. The van der Waals surface area contributed by atoms with Gasteiger partial charge in [-0.2, -0.15) is 0 Å². The average molecular weight is 218 g/mol. The molecule has 5 heteroatoms. The van der Waals surface area contributed by atoms with Gasteiger partial charge in [0, 0.05) is 11.8 Å². The number of nitrogens with one attached hydrogen (secondary N) is 1. The maximum absolute atomic E-state index is 11.8. The summed E-state index contributed by atoms with van der Waals surface area (Å²) in [6.45, 7) is -0.551. The van der Waals surface area contributed by atoms with Crippen LogP contribution in [0.25, 0.3) is 0 Å². The Morgan fingerprint density at radius 3 is 3.00 bits per heavy atom. The molecule has 0 heterocycles. The summed E-state index contributed by atoms with van der Waals surface area (Å²) in [5.41, 5.74) is 0.515. The minimum Gasteiger partial charge on any atom is -0.491 e. The number of amides is 1. The van der Waals surface area contributed by atoms with Crippen molar-refractivity contribution in [3.05, 3.63) is 24.3 Å². The van der Waals surface area contributed by atoms with Crippen molar-refractivity contribution in [3.8, 4) is 5.75 Å². The number of rotatable bonds is 4. The van der Waals surface area contributed by atoms with Gasteiger partial charge in [0.1, 0.15) is 19.0 Å². The highest BCUT2D eigenvalue weighted by molar-refractivity contribution is 6.65. The van der Waals surface area contributed by atoms with Crippen LogP contribution in [0, 0.1) is 0 Å². The first-order valence-corrected chi connectivity index (χ1v) is 4.35. The first-order valence-electron chi connectivity index (χ1n) is 3.97. The molecule has 1 aromatic carbocycles. The molecule has 0 aliphatic heterocycles. The fourth-order valence-electron chi connectivity index (χ4n) is 0.934. The maximum atomic E-state index is 11.8. The quantitative estimate of drug-likeness (QED) is 0.622. The summed E-state index contributed by atoms with van der Waals surface area (Å²) in [6, 6.07) is 6.56. The SMILES string of the molecule is O=C(Cl)Nc1cccc(OCCF)c1. The van der Waals surface area contributed by atoms with E-state index >= 15 is 0 Å². The molecule has 0 saturated heterocycles. The molecule has 1 amide bonds. The summed E-state index contributed by atoms with van der Waals surface area (Å²) in [6.07, 6.45) is 0. The van der Waals surface area contributed by atoms with Crippen LogP contribution in [0.2, 0.25) is 0 Å². The molecular formula is C9H9ClFNO2. The molecule has 0 aromatic heterocycles. The van der Waals surface area contributed by atoms with Gasteiger partial charge in [-0.25, -0.2) is 4.39 Å². The Labute approximate surface area is 85.8 Å². The number of benzene rings is 1. The number of anilines is 1. The van der Waals surface area contributed by atoms with Crippen molar-refractivity contribution in [1.29, 1.82) is 0 Å². The Morgan fingerprint density at radius 1 is 1.57 bits per heavy atom. The summed E-state index contributed by atoms with van der Waals surface area (Å²) in [4.78, 5) is 10.5. The molecule has 1 aromatic rings. The van der Waals surface area contributed by atoms with Gasteiger partial charge in [0.05, 0.1) is 0 Å². The maximum Gasteiger partial charge on any atom is 0.318 e. The minimum atomic E-state index is -0.673. The van der Waals surface area contributed by atoms with Crippen molar-refractivity contribution < 1.29 is 13.9 Å². The van der Waals surface area contributed by atoms with Gasteiger partial charge in [0.15, 0.2) is 0 Å². The Bertz CT molecular complexity index is 319. The van der Waals surface area contributed by atoms with Crippen LogP contribution >= 0.6 is 11.6 Å². The zero-order chi connectivity index (χ0) is 10.4. The van der Waals surface area contributed by atoms with Gasteiger partial charge < -0.3 is 10.1 Å². The van der Waals surface area contributed by atoms with E-state index in [2.05, 4.69) is 5.32 Å². The van der Waals surface area contributed by atoms with Crippen LogP contribution in [-0.2, 0) is 0 Å². The monoisotopic (exact) mass is 217 g/mol. The lowest BCUT2D eigenvalue weighted by Gasteiger charge is -2.05. The second-order valence-corrected chi connectivity index (χ2v) is 2.81. The van der Waals surface area contributed by atoms with Gasteiger partial charge in [-0.05, 0) is 23.7 Å². The highest BCUT2D eigenvalue weighted by Gasteiger charge is 1.99. The fourth-order valence-corrected chi connectivity index (χ4v) is 1.04. The van der Waals surface area contributed by atoms with E-state index in [1.807, 2.05) is 0 Å². The molecule has 0 radical (unpaired) electrons. The van der Waals surface area contributed by atoms with Gasteiger partial charge in [-0.3, -0.25) is 4.79 Å². The predicted molar refractivity (Wildman–Crippen MR) is 52.8 cm³/mol. The Balaban J connectivity index is 2.63. The largest absolute Gasteiger partial charge is 0.491 e. The summed E-state index contributed by atoms with van der Waals surface area (Å²) < 4.78 is 16.8. The van der Waals surface area contributed by atoms with Crippen LogP contribution in [0.3, 0.4) is 0 Å². The number of ether oxygens (including phenoxy) is 1. The van der Waals surface area contributed by atoms with E-state index in [1.54, 1.807) is 24.3 Å². The van der Waals surface area contributed by atoms with Gasteiger partial charge in [-0.15, -0.1) is 0 Å². The fraction of sp³-hybridized carbons (Fsp3) is 0.222. The lowest BCUT2D eigenvalue weighted by atomic mass is 10.3. The van der Waals surface area contributed by atoms with Crippen LogP contribution in [0.15, 0.2) is 24.3 Å². The number of halogens is 2. The van der Waals surface area contributed by atoms with E-state index in [-0.39, 0.29) is 6.61 Å². The number of alkyl halides is 1. The summed E-state index contributed by atoms with van der Waals surface area (Å²) in [5.74, 6) is 0.491. The first kappa shape index (κ1) is 10.8. The smallest absolute Gasteiger partial charge is 0.318 e. The molecule has 0 aliphatic carbocycles. The van der Waals surface area contributed by atoms with Crippen LogP contribution < -0.4 is 10.1 Å². The zero-order valence-electron chi connectivity index (χ0n) is 7.30. The lowest BCUT2D eigenvalue weighted by Crippen LogP contribution is -2.02. The molecule has 0 spiro atoms. The third-order valence-corrected chi connectivity index (χ3v) is 1.52. The van der Waals surface area contributed by atoms with E-state index in [4.69, 9.17) is 16.3 Å². The second-order valence-electron chi connectivity index (χ2n) is 2.46. The molecule has 3 nitrogen and oxygen atoms in total. The topological polar surface area (TPSA) is 38.3 Å².